The summed E-state index contributed by atoms with van der Waals surface area (Å²) in [5, 5.41) is 9.57. The van der Waals surface area contributed by atoms with Crippen LogP contribution in [0, 0.1) is 11.8 Å². The van der Waals surface area contributed by atoms with Gasteiger partial charge in [0.1, 0.15) is 0 Å². The van der Waals surface area contributed by atoms with Crippen LogP contribution in [0.15, 0.2) is 24.3 Å². The molecule has 1 aromatic carbocycles. The lowest BCUT2D eigenvalue weighted by molar-refractivity contribution is 0.371. The number of rotatable bonds is 5. The Hall–Kier alpha value is -1.35. The summed E-state index contributed by atoms with van der Waals surface area (Å²) in [6, 6.07) is 8.66. The van der Waals surface area contributed by atoms with Crippen molar-refractivity contribution in [3.63, 3.8) is 0 Å². The molecule has 2 atom stereocenters. The number of nitrogens with zero attached hydrogens (tertiary/aromatic N) is 2. The number of para-hydroxylation sites is 1. The minimum atomic E-state index is 0.797. The minimum absolute atomic E-state index is 0.797. The largest absolute Gasteiger partial charge is 0.319 e. The Morgan fingerprint density at radius 1 is 1.25 bits per heavy atom. The molecule has 3 nitrogen and oxygen atoms in total. The third kappa shape index (κ3) is 2.47. The van der Waals surface area contributed by atoms with Crippen molar-refractivity contribution in [2.75, 3.05) is 13.6 Å². The van der Waals surface area contributed by atoms with Gasteiger partial charge >= 0.3 is 0 Å². The van der Waals surface area contributed by atoms with Gasteiger partial charge in [-0.15, -0.1) is 0 Å². The van der Waals surface area contributed by atoms with Crippen molar-refractivity contribution in [1.29, 1.82) is 0 Å². The van der Waals surface area contributed by atoms with Crippen molar-refractivity contribution < 1.29 is 0 Å². The standard InChI is InChI=1S/C17H25N3/c1-3-20-17-10-5-4-9-15(17)16(19-20)11-13-7-6-8-14(13)12-18-2/h4-5,9-10,13-14,18H,3,6-8,11-12H2,1-2H3. The molecule has 1 fully saturated rings. The molecule has 108 valence electrons. The Kier molecular flexibility index (Phi) is 4.06. The number of hydrogen-bond acceptors (Lipinski definition) is 2. The fraction of sp³-hybridized carbons (Fsp3) is 0.588. The van der Waals surface area contributed by atoms with Crippen LogP contribution in [0.5, 0.6) is 0 Å². The van der Waals surface area contributed by atoms with Crippen LogP contribution in [-0.2, 0) is 13.0 Å². The summed E-state index contributed by atoms with van der Waals surface area (Å²) >= 11 is 0. The Bertz CT molecular complexity index is 573. The first-order valence-electron chi connectivity index (χ1n) is 7.92. The van der Waals surface area contributed by atoms with Gasteiger partial charge in [-0.1, -0.05) is 24.6 Å². The molecule has 0 spiro atoms. The second-order valence-electron chi connectivity index (χ2n) is 5.99. The van der Waals surface area contributed by atoms with E-state index in [0.717, 1.165) is 31.3 Å². The van der Waals surface area contributed by atoms with E-state index in [-0.39, 0.29) is 0 Å². The molecule has 0 aliphatic heterocycles. The zero-order valence-corrected chi connectivity index (χ0v) is 12.6. The van der Waals surface area contributed by atoms with Crippen LogP contribution in [0.4, 0.5) is 0 Å². The molecule has 2 aromatic rings. The van der Waals surface area contributed by atoms with E-state index in [1.165, 1.54) is 35.9 Å². The summed E-state index contributed by atoms with van der Waals surface area (Å²) in [6.45, 7) is 4.27. The molecule has 20 heavy (non-hydrogen) atoms. The van der Waals surface area contributed by atoms with E-state index in [2.05, 4.69) is 48.2 Å². The Morgan fingerprint density at radius 2 is 2.05 bits per heavy atom. The molecule has 1 aromatic heterocycles. The van der Waals surface area contributed by atoms with Crippen molar-refractivity contribution in [1.82, 2.24) is 15.1 Å². The summed E-state index contributed by atoms with van der Waals surface area (Å²) in [6.07, 6.45) is 5.25. The zero-order chi connectivity index (χ0) is 13.9. The van der Waals surface area contributed by atoms with Gasteiger partial charge in [-0.25, -0.2) is 0 Å². The molecular formula is C17H25N3. The molecule has 1 saturated carbocycles. The lowest BCUT2D eigenvalue weighted by Crippen LogP contribution is -2.23. The molecule has 0 radical (unpaired) electrons. The summed E-state index contributed by atoms with van der Waals surface area (Å²) in [7, 11) is 2.07. The van der Waals surface area contributed by atoms with Crippen molar-refractivity contribution in [2.24, 2.45) is 11.8 Å². The maximum absolute atomic E-state index is 4.86. The van der Waals surface area contributed by atoms with Crippen molar-refractivity contribution >= 4 is 10.9 Å². The predicted octanol–water partition coefficient (Wildman–Crippen LogP) is 3.23. The monoisotopic (exact) mass is 271 g/mol. The van der Waals surface area contributed by atoms with Gasteiger partial charge in [-0.05, 0) is 57.7 Å². The molecule has 1 aliphatic carbocycles. The van der Waals surface area contributed by atoms with Gasteiger partial charge in [0.15, 0.2) is 0 Å². The molecule has 1 N–H and O–H groups in total. The average molecular weight is 271 g/mol. The zero-order valence-electron chi connectivity index (χ0n) is 12.6. The van der Waals surface area contributed by atoms with Crippen LogP contribution in [-0.4, -0.2) is 23.4 Å². The van der Waals surface area contributed by atoms with Gasteiger partial charge in [-0.2, -0.15) is 5.10 Å². The Morgan fingerprint density at radius 3 is 2.85 bits per heavy atom. The number of hydrogen-bond donors (Lipinski definition) is 1. The fourth-order valence-electron chi connectivity index (χ4n) is 3.75. The molecule has 3 heteroatoms. The fourth-order valence-corrected chi connectivity index (χ4v) is 3.75. The Labute approximate surface area is 121 Å². The topological polar surface area (TPSA) is 29.9 Å². The van der Waals surface area contributed by atoms with Crippen molar-refractivity contribution in [2.45, 2.75) is 39.2 Å². The highest BCUT2D eigenvalue weighted by molar-refractivity contribution is 5.81. The van der Waals surface area contributed by atoms with Gasteiger partial charge in [0.05, 0.1) is 11.2 Å². The highest BCUT2D eigenvalue weighted by Gasteiger charge is 2.28. The van der Waals surface area contributed by atoms with E-state index >= 15 is 0 Å². The van der Waals surface area contributed by atoms with Crippen molar-refractivity contribution in [3.05, 3.63) is 30.0 Å². The molecular weight excluding hydrogens is 246 g/mol. The number of nitrogens with one attached hydrogen (secondary N) is 1. The van der Waals surface area contributed by atoms with Gasteiger partial charge in [-0.3, -0.25) is 4.68 Å². The third-order valence-corrected chi connectivity index (χ3v) is 4.77. The second-order valence-corrected chi connectivity index (χ2v) is 5.99. The minimum Gasteiger partial charge on any atom is -0.319 e. The number of benzene rings is 1. The normalized spacial score (nSPS) is 22.7. The first kappa shape index (κ1) is 13.6. The van der Waals surface area contributed by atoms with E-state index in [9.17, 15) is 0 Å². The summed E-state index contributed by atoms with van der Waals surface area (Å²) in [5.41, 5.74) is 2.59. The first-order chi connectivity index (χ1) is 9.83. The molecule has 0 bridgehead atoms. The second kappa shape index (κ2) is 5.96. The quantitative estimate of drug-likeness (QED) is 0.905. The summed E-state index contributed by atoms with van der Waals surface area (Å²) < 4.78 is 2.15. The van der Waals surface area contributed by atoms with Crippen molar-refractivity contribution in [3.8, 4) is 0 Å². The lowest BCUT2D eigenvalue weighted by Gasteiger charge is -2.18. The van der Waals surface area contributed by atoms with E-state index in [4.69, 9.17) is 5.10 Å². The van der Waals surface area contributed by atoms with Gasteiger partial charge in [0, 0.05) is 11.9 Å². The van der Waals surface area contributed by atoms with Crippen LogP contribution < -0.4 is 5.32 Å². The Balaban J connectivity index is 1.87. The van der Waals surface area contributed by atoms with Crippen LogP contribution in [0.2, 0.25) is 0 Å². The number of aryl methyl sites for hydroxylation is 1. The van der Waals surface area contributed by atoms with Crippen LogP contribution in [0.25, 0.3) is 10.9 Å². The smallest absolute Gasteiger partial charge is 0.0706 e. The number of aromatic nitrogens is 2. The average Bonchev–Trinajstić information content (AvgIpc) is 3.05. The van der Waals surface area contributed by atoms with Gasteiger partial charge in [0.2, 0.25) is 0 Å². The molecule has 1 heterocycles. The lowest BCUT2D eigenvalue weighted by atomic mass is 9.91. The van der Waals surface area contributed by atoms with E-state index < -0.39 is 0 Å². The van der Waals surface area contributed by atoms with E-state index in [1.54, 1.807) is 0 Å². The maximum Gasteiger partial charge on any atom is 0.0706 e. The maximum atomic E-state index is 4.86. The highest BCUT2D eigenvalue weighted by Crippen LogP contribution is 2.35. The van der Waals surface area contributed by atoms with Gasteiger partial charge < -0.3 is 5.32 Å². The predicted molar refractivity (Wildman–Crippen MR) is 83.9 cm³/mol. The third-order valence-electron chi connectivity index (χ3n) is 4.77. The van der Waals surface area contributed by atoms with Crippen LogP contribution in [0.1, 0.15) is 31.9 Å². The first-order valence-corrected chi connectivity index (χ1v) is 7.92. The molecule has 2 unspecified atom stereocenters. The SMILES string of the molecule is CCn1nc(CC2CCCC2CNC)c2ccccc21. The summed E-state index contributed by atoms with van der Waals surface area (Å²) in [4.78, 5) is 0. The van der Waals surface area contributed by atoms with Gasteiger partial charge in [0.25, 0.3) is 0 Å². The van der Waals surface area contributed by atoms with E-state index in [0.29, 0.717) is 0 Å². The van der Waals surface area contributed by atoms with Crippen LogP contribution >= 0.6 is 0 Å². The molecule has 0 saturated heterocycles. The summed E-state index contributed by atoms with van der Waals surface area (Å²) in [5.74, 6) is 1.62. The van der Waals surface area contributed by atoms with Crippen LogP contribution in [0.3, 0.4) is 0 Å². The highest BCUT2D eigenvalue weighted by atomic mass is 15.3. The number of fused-ring (bicyclic) bond motifs is 1. The van der Waals surface area contributed by atoms with E-state index in [1.807, 2.05) is 0 Å². The molecule has 1 aliphatic rings. The molecule has 0 amide bonds. The molecule has 3 rings (SSSR count).